The molecule has 94 valence electrons. The summed E-state index contributed by atoms with van der Waals surface area (Å²) < 4.78 is 15.5. The SMILES string of the molecule is Cc1c(C(N)=O)cc(-c2cc(Cl)ccc2F)n1C. The van der Waals surface area contributed by atoms with Crippen molar-refractivity contribution in [3.63, 3.8) is 0 Å². The Balaban J connectivity index is 2.68. The van der Waals surface area contributed by atoms with Gasteiger partial charge in [0.25, 0.3) is 5.91 Å². The normalized spacial score (nSPS) is 10.7. The minimum absolute atomic E-state index is 0.348. The highest BCUT2D eigenvalue weighted by Crippen LogP contribution is 2.29. The van der Waals surface area contributed by atoms with Crippen LogP contribution in [0.2, 0.25) is 5.02 Å². The summed E-state index contributed by atoms with van der Waals surface area (Å²) in [6.45, 7) is 1.76. The fraction of sp³-hybridized carbons (Fsp3) is 0.154. The molecular formula is C13H12ClFN2O. The zero-order valence-electron chi connectivity index (χ0n) is 10.00. The summed E-state index contributed by atoms with van der Waals surface area (Å²) in [5.74, 6) is -0.923. The molecule has 0 saturated heterocycles. The third kappa shape index (κ3) is 1.99. The minimum Gasteiger partial charge on any atom is -0.366 e. The van der Waals surface area contributed by atoms with Crippen molar-refractivity contribution < 1.29 is 9.18 Å². The molecule has 0 aliphatic heterocycles. The van der Waals surface area contributed by atoms with E-state index in [1.807, 2.05) is 0 Å². The van der Waals surface area contributed by atoms with Crippen molar-refractivity contribution in [2.75, 3.05) is 0 Å². The van der Waals surface area contributed by atoms with Crippen molar-refractivity contribution in [3.8, 4) is 11.3 Å². The molecule has 0 saturated carbocycles. The molecule has 1 aromatic carbocycles. The second kappa shape index (κ2) is 4.46. The van der Waals surface area contributed by atoms with E-state index in [1.165, 1.54) is 18.2 Å². The molecule has 0 aliphatic rings. The Kier molecular flexibility index (Phi) is 3.13. The van der Waals surface area contributed by atoms with E-state index < -0.39 is 11.7 Å². The Bertz CT molecular complexity index is 634. The maximum Gasteiger partial charge on any atom is 0.250 e. The highest BCUT2D eigenvalue weighted by Gasteiger charge is 2.16. The first kappa shape index (κ1) is 12.6. The summed E-state index contributed by atoms with van der Waals surface area (Å²) in [7, 11) is 1.75. The second-order valence-corrected chi connectivity index (χ2v) is 4.51. The molecule has 0 radical (unpaired) electrons. The first-order chi connectivity index (χ1) is 8.41. The number of aromatic nitrogens is 1. The lowest BCUT2D eigenvalue weighted by molar-refractivity contribution is 0.0999. The molecule has 0 spiro atoms. The number of rotatable bonds is 2. The van der Waals surface area contributed by atoms with Gasteiger partial charge in [-0.2, -0.15) is 0 Å². The smallest absolute Gasteiger partial charge is 0.250 e. The van der Waals surface area contributed by atoms with E-state index in [4.69, 9.17) is 17.3 Å². The Morgan fingerprint density at radius 2 is 2.06 bits per heavy atom. The molecule has 0 atom stereocenters. The topological polar surface area (TPSA) is 48.0 Å². The molecule has 1 aromatic heterocycles. The fourth-order valence-corrected chi connectivity index (χ4v) is 2.07. The van der Waals surface area contributed by atoms with Crippen molar-refractivity contribution in [1.82, 2.24) is 4.57 Å². The van der Waals surface area contributed by atoms with Crippen LogP contribution in [-0.2, 0) is 7.05 Å². The molecule has 2 rings (SSSR count). The molecule has 3 nitrogen and oxygen atoms in total. The van der Waals surface area contributed by atoms with Crippen LogP contribution in [0.25, 0.3) is 11.3 Å². The van der Waals surface area contributed by atoms with Crippen LogP contribution < -0.4 is 5.73 Å². The Labute approximate surface area is 109 Å². The highest BCUT2D eigenvalue weighted by atomic mass is 35.5. The number of nitrogens with two attached hydrogens (primary N) is 1. The van der Waals surface area contributed by atoms with Gasteiger partial charge >= 0.3 is 0 Å². The van der Waals surface area contributed by atoms with Gasteiger partial charge in [-0.3, -0.25) is 4.79 Å². The van der Waals surface area contributed by atoms with Crippen molar-refractivity contribution >= 4 is 17.5 Å². The van der Waals surface area contributed by atoms with Gasteiger partial charge < -0.3 is 10.3 Å². The summed E-state index contributed by atoms with van der Waals surface area (Å²) in [5.41, 5.74) is 7.26. The Morgan fingerprint density at radius 1 is 1.39 bits per heavy atom. The van der Waals surface area contributed by atoms with Crippen LogP contribution in [0.3, 0.4) is 0 Å². The molecule has 2 N–H and O–H groups in total. The average molecular weight is 267 g/mol. The summed E-state index contributed by atoms with van der Waals surface area (Å²) >= 11 is 5.86. The Hall–Kier alpha value is -1.81. The molecule has 2 aromatic rings. The third-order valence-corrected chi connectivity index (χ3v) is 3.24. The van der Waals surface area contributed by atoms with Gasteiger partial charge in [-0.25, -0.2) is 4.39 Å². The first-order valence-corrected chi connectivity index (χ1v) is 5.71. The van der Waals surface area contributed by atoms with Crippen molar-refractivity contribution in [1.29, 1.82) is 0 Å². The second-order valence-electron chi connectivity index (χ2n) is 4.08. The molecule has 0 aliphatic carbocycles. The van der Waals surface area contributed by atoms with E-state index in [1.54, 1.807) is 24.6 Å². The van der Waals surface area contributed by atoms with Crippen molar-refractivity contribution in [2.24, 2.45) is 12.8 Å². The summed E-state index contributed by atoms with van der Waals surface area (Å²) in [4.78, 5) is 11.3. The van der Waals surface area contributed by atoms with Crippen molar-refractivity contribution in [3.05, 3.63) is 46.4 Å². The first-order valence-electron chi connectivity index (χ1n) is 5.33. The minimum atomic E-state index is -0.531. The predicted molar refractivity (Wildman–Crippen MR) is 69.1 cm³/mol. The van der Waals surface area contributed by atoms with Gasteiger partial charge in [0.15, 0.2) is 0 Å². The number of carbonyl (C=O) groups excluding carboxylic acids is 1. The van der Waals surface area contributed by atoms with Gasteiger partial charge in [0, 0.05) is 23.3 Å². The molecule has 18 heavy (non-hydrogen) atoms. The van der Waals surface area contributed by atoms with Crippen LogP contribution in [0.1, 0.15) is 16.1 Å². The maximum atomic E-state index is 13.8. The summed E-state index contributed by atoms with van der Waals surface area (Å²) in [5, 5.41) is 0.436. The van der Waals surface area contributed by atoms with Crippen LogP contribution in [0, 0.1) is 12.7 Å². The van der Waals surface area contributed by atoms with Gasteiger partial charge in [-0.05, 0) is 31.2 Å². The number of carbonyl (C=O) groups is 1. The summed E-state index contributed by atoms with van der Waals surface area (Å²) in [6, 6.07) is 5.87. The maximum absolute atomic E-state index is 13.8. The van der Waals surface area contributed by atoms with Gasteiger partial charge in [0.05, 0.1) is 11.3 Å². The molecule has 1 amide bonds. The lowest BCUT2D eigenvalue weighted by Crippen LogP contribution is -2.11. The fourth-order valence-electron chi connectivity index (χ4n) is 1.90. The quantitative estimate of drug-likeness (QED) is 0.893. The molecule has 0 fully saturated rings. The molecule has 1 heterocycles. The highest BCUT2D eigenvalue weighted by molar-refractivity contribution is 6.30. The van der Waals surface area contributed by atoms with Crippen molar-refractivity contribution in [2.45, 2.75) is 6.92 Å². The number of nitrogens with zero attached hydrogens (tertiary/aromatic N) is 1. The lowest BCUT2D eigenvalue weighted by atomic mass is 10.1. The molecule has 5 heteroatoms. The number of hydrogen-bond donors (Lipinski definition) is 1. The number of halogens is 2. The number of primary amides is 1. The number of amides is 1. The largest absolute Gasteiger partial charge is 0.366 e. The van der Waals surface area contributed by atoms with E-state index in [9.17, 15) is 9.18 Å². The van der Waals surface area contributed by atoms with Crippen LogP contribution in [0.5, 0.6) is 0 Å². The van der Waals surface area contributed by atoms with E-state index >= 15 is 0 Å². The zero-order valence-corrected chi connectivity index (χ0v) is 10.8. The third-order valence-electron chi connectivity index (χ3n) is 3.01. The van der Waals surface area contributed by atoms with Gasteiger partial charge in [-0.1, -0.05) is 11.6 Å². The van der Waals surface area contributed by atoms with E-state index in [0.29, 0.717) is 27.5 Å². The number of benzene rings is 1. The zero-order chi connectivity index (χ0) is 13.4. The lowest BCUT2D eigenvalue weighted by Gasteiger charge is -2.06. The monoisotopic (exact) mass is 266 g/mol. The molecule has 0 unspecified atom stereocenters. The van der Waals surface area contributed by atoms with Crippen LogP contribution in [0.15, 0.2) is 24.3 Å². The van der Waals surface area contributed by atoms with Gasteiger partial charge in [0.2, 0.25) is 0 Å². The molecule has 0 bridgehead atoms. The van der Waals surface area contributed by atoms with E-state index in [-0.39, 0.29) is 0 Å². The van der Waals surface area contributed by atoms with Gasteiger partial charge in [0.1, 0.15) is 5.82 Å². The average Bonchev–Trinajstić information content (AvgIpc) is 2.60. The van der Waals surface area contributed by atoms with Crippen LogP contribution >= 0.6 is 11.6 Å². The Morgan fingerprint density at radius 3 is 2.61 bits per heavy atom. The van der Waals surface area contributed by atoms with E-state index in [0.717, 1.165) is 0 Å². The van der Waals surface area contributed by atoms with E-state index in [2.05, 4.69) is 0 Å². The molecular weight excluding hydrogens is 255 g/mol. The van der Waals surface area contributed by atoms with Gasteiger partial charge in [-0.15, -0.1) is 0 Å². The van der Waals surface area contributed by atoms with Crippen LogP contribution in [-0.4, -0.2) is 10.5 Å². The predicted octanol–water partition coefficient (Wildman–Crippen LogP) is 2.89. The number of hydrogen-bond acceptors (Lipinski definition) is 1. The van der Waals surface area contributed by atoms with Crippen LogP contribution in [0.4, 0.5) is 4.39 Å². The summed E-state index contributed by atoms with van der Waals surface area (Å²) in [6.07, 6.45) is 0. The standard InChI is InChI=1S/C13H12ClFN2O/c1-7-9(13(16)18)6-12(17(7)2)10-5-8(14)3-4-11(10)15/h3-6H,1-2H3,(H2,16,18).